The van der Waals surface area contributed by atoms with Crippen LogP contribution in [-0.4, -0.2) is 28.9 Å². The lowest BCUT2D eigenvalue weighted by atomic mass is 10.3. The van der Waals surface area contributed by atoms with Crippen molar-refractivity contribution in [3.63, 3.8) is 0 Å². The van der Waals surface area contributed by atoms with E-state index in [1.807, 2.05) is 30.9 Å². The van der Waals surface area contributed by atoms with E-state index < -0.39 is 0 Å². The van der Waals surface area contributed by atoms with Crippen LogP contribution in [0.2, 0.25) is 0 Å². The Morgan fingerprint density at radius 2 is 1.93 bits per heavy atom. The lowest BCUT2D eigenvalue weighted by Crippen LogP contribution is -2.28. The van der Waals surface area contributed by atoms with Gasteiger partial charge < -0.3 is 4.90 Å². The second-order valence-electron chi connectivity index (χ2n) is 3.21. The van der Waals surface area contributed by atoms with Crippen molar-refractivity contribution in [2.24, 2.45) is 0 Å². The van der Waals surface area contributed by atoms with Crippen LogP contribution < -0.4 is 0 Å². The predicted molar refractivity (Wildman–Crippen MR) is 60.7 cm³/mol. The summed E-state index contributed by atoms with van der Waals surface area (Å²) >= 11 is 0. The molecule has 0 spiro atoms. The number of likely N-dealkylation sites (tertiary alicyclic amines) is 1. The highest BCUT2D eigenvalue weighted by molar-refractivity contribution is 5.92. The minimum atomic E-state index is 0.0677. The number of pyridine rings is 1. The van der Waals surface area contributed by atoms with E-state index in [1.165, 1.54) is 0 Å². The molecule has 3 nitrogen and oxygen atoms in total. The number of nitrogens with zero attached hydrogens (tertiary/aromatic N) is 2. The molecule has 0 aromatic carbocycles. The molecule has 0 unspecified atom stereocenters. The van der Waals surface area contributed by atoms with Crippen LogP contribution in [-0.2, 0) is 0 Å². The normalized spacial score (nSPS) is 14.4. The SMILES string of the molecule is CC.O=C(c1ccccn1)N1CCCC1. The second-order valence-corrected chi connectivity index (χ2v) is 3.21. The number of carbonyl (C=O) groups excluding carboxylic acids is 1. The van der Waals surface area contributed by atoms with Gasteiger partial charge in [-0.15, -0.1) is 0 Å². The Morgan fingerprint density at radius 1 is 1.27 bits per heavy atom. The van der Waals surface area contributed by atoms with Crippen molar-refractivity contribution < 1.29 is 4.79 Å². The Labute approximate surface area is 91.1 Å². The van der Waals surface area contributed by atoms with Crippen LogP contribution in [0.1, 0.15) is 37.2 Å². The molecule has 0 bridgehead atoms. The molecule has 82 valence electrons. The van der Waals surface area contributed by atoms with Crippen LogP contribution in [0.5, 0.6) is 0 Å². The van der Waals surface area contributed by atoms with Gasteiger partial charge in [0.25, 0.3) is 5.91 Å². The summed E-state index contributed by atoms with van der Waals surface area (Å²) in [6, 6.07) is 5.43. The highest BCUT2D eigenvalue weighted by Crippen LogP contribution is 2.10. The average Bonchev–Trinajstić information content (AvgIpc) is 2.85. The van der Waals surface area contributed by atoms with E-state index in [1.54, 1.807) is 12.3 Å². The summed E-state index contributed by atoms with van der Waals surface area (Å²) in [5.74, 6) is 0.0677. The van der Waals surface area contributed by atoms with Crippen molar-refractivity contribution in [2.45, 2.75) is 26.7 Å². The van der Waals surface area contributed by atoms with Gasteiger partial charge >= 0.3 is 0 Å². The summed E-state index contributed by atoms with van der Waals surface area (Å²) in [4.78, 5) is 17.6. The van der Waals surface area contributed by atoms with E-state index in [2.05, 4.69) is 4.98 Å². The van der Waals surface area contributed by atoms with Crippen molar-refractivity contribution in [1.82, 2.24) is 9.88 Å². The fourth-order valence-electron chi connectivity index (χ4n) is 1.57. The van der Waals surface area contributed by atoms with E-state index >= 15 is 0 Å². The van der Waals surface area contributed by atoms with Gasteiger partial charge in [-0.25, -0.2) is 0 Å². The first kappa shape index (κ1) is 11.7. The molecule has 1 aliphatic rings. The molecule has 1 aromatic heterocycles. The van der Waals surface area contributed by atoms with Crippen LogP contribution in [0.25, 0.3) is 0 Å². The summed E-state index contributed by atoms with van der Waals surface area (Å²) in [6.45, 7) is 5.77. The molecule has 1 fully saturated rings. The van der Waals surface area contributed by atoms with E-state index in [9.17, 15) is 4.79 Å². The minimum Gasteiger partial charge on any atom is -0.337 e. The topological polar surface area (TPSA) is 33.2 Å². The highest BCUT2D eigenvalue weighted by Gasteiger charge is 2.19. The summed E-state index contributed by atoms with van der Waals surface area (Å²) in [7, 11) is 0. The standard InChI is InChI=1S/C10H12N2O.C2H6/c13-10(12-7-3-4-8-12)9-5-1-2-6-11-9;1-2/h1-2,5-6H,3-4,7-8H2;1-2H3. The quantitative estimate of drug-likeness (QED) is 0.706. The summed E-state index contributed by atoms with van der Waals surface area (Å²) < 4.78 is 0. The molecule has 0 aliphatic carbocycles. The maximum atomic E-state index is 11.7. The van der Waals surface area contributed by atoms with E-state index in [0.717, 1.165) is 25.9 Å². The van der Waals surface area contributed by atoms with Gasteiger partial charge in [0.05, 0.1) is 0 Å². The smallest absolute Gasteiger partial charge is 0.272 e. The van der Waals surface area contributed by atoms with Crippen molar-refractivity contribution in [1.29, 1.82) is 0 Å². The van der Waals surface area contributed by atoms with Gasteiger partial charge in [0.15, 0.2) is 0 Å². The van der Waals surface area contributed by atoms with E-state index in [-0.39, 0.29) is 5.91 Å². The zero-order valence-corrected chi connectivity index (χ0v) is 9.44. The lowest BCUT2D eigenvalue weighted by molar-refractivity contribution is 0.0787. The molecular formula is C12H18N2O. The van der Waals surface area contributed by atoms with Gasteiger partial charge in [0.2, 0.25) is 0 Å². The predicted octanol–water partition coefficient (Wildman–Crippen LogP) is 2.34. The van der Waals surface area contributed by atoms with Crippen LogP contribution in [0.3, 0.4) is 0 Å². The summed E-state index contributed by atoms with van der Waals surface area (Å²) in [5, 5.41) is 0. The molecule has 3 heteroatoms. The zero-order chi connectivity index (χ0) is 11.1. The molecule has 0 saturated carbocycles. The molecule has 0 atom stereocenters. The molecule has 1 aromatic rings. The van der Waals surface area contributed by atoms with Crippen LogP contribution in [0.15, 0.2) is 24.4 Å². The van der Waals surface area contributed by atoms with E-state index in [0.29, 0.717) is 5.69 Å². The molecule has 1 aliphatic heterocycles. The van der Waals surface area contributed by atoms with Crippen molar-refractivity contribution in [2.75, 3.05) is 13.1 Å². The van der Waals surface area contributed by atoms with Crippen LogP contribution in [0.4, 0.5) is 0 Å². The Balaban J connectivity index is 0.000000531. The highest BCUT2D eigenvalue weighted by atomic mass is 16.2. The van der Waals surface area contributed by atoms with Gasteiger partial charge in [0.1, 0.15) is 5.69 Å². The Hall–Kier alpha value is -1.38. The van der Waals surface area contributed by atoms with Crippen LogP contribution in [0, 0.1) is 0 Å². The van der Waals surface area contributed by atoms with Gasteiger partial charge in [0, 0.05) is 19.3 Å². The third-order valence-corrected chi connectivity index (χ3v) is 2.28. The molecule has 1 amide bonds. The van der Waals surface area contributed by atoms with Crippen molar-refractivity contribution >= 4 is 5.91 Å². The molecule has 0 radical (unpaired) electrons. The third-order valence-electron chi connectivity index (χ3n) is 2.28. The number of amides is 1. The molecule has 15 heavy (non-hydrogen) atoms. The number of hydrogen-bond acceptors (Lipinski definition) is 2. The average molecular weight is 206 g/mol. The van der Waals surface area contributed by atoms with Gasteiger partial charge in [-0.1, -0.05) is 19.9 Å². The lowest BCUT2D eigenvalue weighted by Gasteiger charge is -2.13. The molecular weight excluding hydrogens is 188 g/mol. The minimum absolute atomic E-state index is 0.0677. The third kappa shape index (κ3) is 3.05. The Bertz CT molecular complexity index is 292. The fourth-order valence-corrected chi connectivity index (χ4v) is 1.57. The first-order valence-corrected chi connectivity index (χ1v) is 5.58. The zero-order valence-electron chi connectivity index (χ0n) is 9.44. The maximum Gasteiger partial charge on any atom is 0.272 e. The Morgan fingerprint density at radius 3 is 2.47 bits per heavy atom. The Kier molecular flexibility index (Phi) is 4.81. The monoisotopic (exact) mass is 206 g/mol. The number of hydrogen-bond donors (Lipinski definition) is 0. The largest absolute Gasteiger partial charge is 0.337 e. The first-order valence-electron chi connectivity index (χ1n) is 5.58. The second kappa shape index (κ2) is 6.17. The maximum absolute atomic E-state index is 11.7. The molecule has 0 N–H and O–H groups in total. The van der Waals surface area contributed by atoms with Gasteiger partial charge in [-0.2, -0.15) is 0 Å². The van der Waals surface area contributed by atoms with Crippen molar-refractivity contribution in [3.8, 4) is 0 Å². The number of aromatic nitrogens is 1. The van der Waals surface area contributed by atoms with E-state index in [4.69, 9.17) is 0 Å². The van der Waals surface area contributed by atoms with Crippen molar-refractivity contribution in [3.05, 3.63) is 30.1 Å². The number of carbonyl (C=O) groups is 1. The fraction of sp³-hybridized carbons (Fsp3) is 0.500. The van der Waals surface area contributed by atoms with Gasteiger partial charge in [-0.05, 0) is 25.0 Å². The van der Waals surface area contributed by atoms with Crippen LogP contribution >= 0.6 is 0 Å². The molecule has 1 saturated heterocycles. The molecule has 2 rings (SSSR count). The first-order chi connectivity index (χ1) is 7.38. The summed E-state index contributed by atoms with van der Waals surface area (Å²) in [5.41, 5.74) is 0.560. The van der Waals surface area contributed by atoms with Gasteiger partial charge in [-0.3, -0.25) is 9.78 Å². The molecule has 2 heterocycles. The number of rotatable bonds is 1. The summed E-state index contributed by atoms with van der Waals surface area (Å²) in [6.07, 6.45) is 3.90.